The Kier molecular flexibility index (Phi) is 3.20. The maximum absolute atomic E-state index is 2.82. The standard InChI is InChI=1S/C15H28N2/c1-4-13-14-9-17(10-15(13)14)12-5-7-16(8-6-12)11(2)3/h11-15H,4-10H2,1-3H3/t13?,14-,15+. The van der Waals surface area contributed by atoms with Gasteiger partial charge in [0.15, 0.2) is 0 Å². The lowest BCUT2D eigenvalue weighted by Crippen LogP contribution is -2.46. The van der Waals surface area contributed by atoms with E-state index in [9.17, 15) is 0 Å². The molecule has 3 rings (SSSR count). The molecule has 2 aliphatic heterocycles. The lowest BCUT2D eigenvalue weighted by atomic mass is 10.0. The average molecular weight is 236 g/mol. The van der Waals surface area contributed by atoms with Gasteiger partial charge in [0.25, 0.3) is 0 Å². The molecule has 0 aromatic heterocycles. The number of piperidine rings is 2. The highest BCUT2D eigenvalue weighted by Gasteiger charge is 2.55. The van der Waals surface area contributed by atoms with E-state index in [0.717, 1.165) is 29.8 Å². The third kappa shape index (κ3) is 2.15. The van der Waals surface area contributed by atoms with Crippen molar-refractivity contribution in [1.82, 2.24) is 9.80 Å². The molecule has 1 unspecified atom stereocenters. The Morgan fingerprint density at radius 1 is 1.06 bits per heavy atom. The molecule has 3 fully saturated rings. The molecule has 3 aliphatic rings. The second-order valence-electron chi connectivity index (χ2n) is 6.71. The van der Waals surface area contributed by atoms with E-state index in [0.29, 0.717) is 0 Å². The van der Waals surface area contributed by atoms with Crippen molar-refractivity contribution < 1.29 is 0 Å². The summed E-state index contributed by atoms with van der Waals surface area (Å²) in [5, 5.41) is 0. The van der Waals surface area contributed by atoms with E-state index >= 15 is 0 Å². The van der Waals surface area contributed by atoms with E-state index in [1.54, 1.807) is 0 Å². The minimum absolute atomic E-state index is 0.743. The van der Waals surface area contributed by atoms with Gasteiger partial charge in [-0.05, 0) is 57.5 Å². The van der Waals surface area contributed by atoms with Crippen molar-refractivity contribution >= 4 is 0 Å². The summed E-state index contributed by atoms with van der Waals surface area (Å²) in [5.41, 5.74) is 0. The highest BCUT2D eigenvalue weighted by Crippen LogP contribution is 2.54. The SMILES string of the molecule is CCC1[C@H]2CN(C3CCN(C(C)C)CC3)C[C@@H]12. The first-order valence-corrected chi connectivity index (χ1v) is 7.68. The van der Waals surface area contributed by atoms with Gasteiger partial charge in [-0.25, -0.2) is 0 Å². The lowest BCUT2D eigenvalue weighted by molar-refractivity contribution is 0.0965. The van der Waals surface area contributed by atoms with E-state index in [1.807, 2.05) is 0 Å². The van der Waals surface area contributed by atoms with Gasteiger partial charge in [0.2, 0.25) is 0 Å². The second-order valence-corrected chi connectivity index (χ2v) is 6.71. The maximum Gasteiger partial charge on any atom is 0.0120 e. The molecule has 0 aromatic carbocycles. The van der Waals surface area contributed by atoms with E-state index in [4.69, 9.17) is 0 Å². The van der Waals surface area contributed by atoms with Crippen molar-refractivity contribution in [3.8, 4) is 0 Å². The minimum atomic E-state index is 0.743. The predicted octanol–water partition coefficient (Wildman–Crippen LogP) is 2.45. The Morgan fingerprint density at radius 2 is 1.65 bits per heavy atom. The first-order chi connectivity index (χ1) is 8.20. The Morgan fingerprint density at radius 3 is 2.12 bits per heavy atom. The van der Waals surface area contributed by atoms with Crippen LogP contribution in [-0.2, 0) is 0 Å². The third-order valence-electron chi connectivity index (χ3n) is 5.62. The fourth-order valence-corrected chi connectivity index (χ4v) is 4.35. The fraction of sp³-hybridized carbons (Fsp3) is 1.00. The molecule has 17 heavy (non-hydrogen) atoms. The molecule has 1 aliphatic carbocycles. The number of hydrogen-bond acceptors (Lipinski definition) is 2. The quantitative estimate of drug-likeness (QED) is 0.742. The Bertz CT molecular complexity index is 256. The van der Waals surface area contributed by atoms with Gasteiger partial charge in [0, 0.05) is 25.2 Å². The molecule has 1 saturated carbocycles. The summed E-state index contributed by atoms with van der Waals surface area (Å²) in [5.74, 6) is 3.27. The largest absolute Gasteiger partial charge is 0.301 e. The third-order valence-corrected chi connectivity index (χ3v) is 5.62. The van der Waals surface area contributed by atoms with Crippen LogP contribution in [-0.4, -0.2) is 48.1 Å². The van der Waals surface area contributed by atoms with Crippen molar-refractivity contribution in [2.45, 2.75) is 52.1 Å². The summed E-state index contributed by atoms with van der Waals surface area (Å²) in [4.78, 5) is 5.46. The zero-order valence-electron chi connectivity index (χ0n) is 11.7. The molecule has 2 heteroatoms. The average Bonchev–Trinajstić information content (AvgIpc) is 2.81. The monoisotopic (exact) mass is 236 g/mol. The van der Waals surface area contributed by atoms with Crippen LogP contribution < -0.4 is 0 Å². The van der Waals surface area contributed by atoms with Gasteiger partial charge in [-0.15, -0.1) is 0 Å². The number of rotatable bonds is 3. The fourth-order valence-electron chi connectivity index (χ4n) is 4.35. The van der Waals surface area contributed by atoms with Crippen LogP contribution >= 0.6 is 0 Å². The van der Waals surface area contributed by atoms with Gasteiger partial charge < -0.3 is 4.90 Å². The van der Waals surface area contributed by atoms with Gasteiger partial charge in [-0.2, -0.15) is 0 Å². The normalized spacial score (nSPS) is 39.9. The topological polar surface area (TPSA) is 6.48 Å². The van der Waals surface area contributed by atoms with Gasteiger partial charge in [0.05, 0.1) is 0 Å². The Balaban J connectivity index is 1.46. The summed E-state index contributed by atoms with van der Waals surface area (Å²) in [7, 11) is 0. The van der Waals surface area contributed by atoms with Crippen LogP contribution in [0.3, 0.4) is 0 Å². The van der Waals surface area contributed by atoms with Gasteiger partial charge in [-0.1, -0.05) is 13.3 Å². The first-order valence-electron chi connectivity index (χ1n) is 7.68. The van der Waals surface area contributed by atoms with Crippen LogP contribution in [0.2, 0.25) is 0 Å². The number of hydrogen-bond donors (Lipinski definition) is 0. The molecule has 98 valence electrons. The predicted molar refractivity (Wildman–Crippen MR) is 72.1 cm³/mol. The first kappa shape index (κ1) is 12.0. The van der Waals surface area contributed by atoms with Crippen molar-refractivity contribution in [2.75, 3.05) is 26.2 Å². The zero-order valence-corrected chi connectivity index (χ0v) is 11.7. The number of fused-ring (bicyclic) bond motifs is 1. The summed E-state index contributed by atoms with van der Waals surface area (Å²) in [6.45, 7) is 12.5. The molecule has 2 heterocycles. The molecule has 0 aromatic rings. The number of nitrogens with zero attached hydrogens (tertiary/aromatic N) is 2. The maximum atomic E-state index is 2.82. The van der Waals surface area contributed by atoms with E-state index in [1.165, 1.54) is 45.4 Å². The van der Waals surface area contributed by atoms with Crippen LogP contribution in [0, 0.1) is 17.8 Å². The molecule has 3 atom stereocenters. The minimum Gasteiger partial charge on any atom is -0.301 e. The lowest BCUT2D eigenvalue weighted by Gasteiger charge is -2.39. The molecule has 0 spiro atoms. The summed E-state index contributed by atoms with van der Waals surface area (Å²) < 4.78 is 0. The van der Waals surface area contributed by atoms with Gasteiger partial charge in [0.1, 0.15) is 0 Å². The molecule has 2 saturated heterocycles. The second kappa shape index (κ2) is 4.55. The van der Waals surface area contributed by atoms with Crippen molar-refractivity contribution in [3.05, 3.63) is 0 Å². The van der Waals surface area contributed by atoms with E-state index in [-0.39, 0.29) is 0 Å². The van der Waals surface area contributed by atoms with Crippen LogP contribution in [0.15, 0.2) is 0 Å². The van der Waals surface area contributed by atoms with E-state index in [2.05, 4.69) is 30.6 Å². The highest BCUT2D eigenvalue weighted by molar-refractivity contribution is 5.05. The molecule has 0 N–H and O–H groups in total. The summed E-state index contributed by atoms with van der Waals surface area (Å²) in [6.07, 6.45) is 4.25. The highest BCUT2D eigenvalue weighted by atomic mass is 15.2. The molecule has 0 amide bonds. The van der Waals surface area contributed by atoms with E-state index < -0.39 is 0 Å². The molecular weight excluding hydrogens is 208 g/mol. The van der Waals surface area contributed by atoms with Gasteiger partial charge >= 0.3 is 0 Å². The summed E-state index contributed by atoms with van der Waals surface area (Å²) in [6, 6.07) is 1.66. The molecule has 0 bridgehead atoms. The van der Waals surface area contributed by atoms with Crippen LogP contribution in [0.1, 0.15) is 40.0 Å². The van der Waals surface area contributed by atoms with Crippen LogP contribution in [0.5, 0.6) is 0 Å². The Hall–Kier alpha value is -0.0800. The van der Waals surface area contributed by atoms with Crippen molar-refractivity contribution in [3.63, 3.8) is 0 Å². The number of likely N-dealkylation sites (tertiary alicyclic amines) is 2. The zero-order chi connectivity index (χ0) is 12.0. The summed E-state index contributed by atoms with van der Waals surface area (Å²) >= 11 is 0. The van der Waals surface area contributed by atoms with Crippen molar-refractivity contribution in [2.24, 2.45) is 17.8 Å². The molecular formula is C15H28N2. The molecule has 0 radical (unpaired) electrons. The van der Waals surface area contributed by atoms with Gasteiger partial charge in [-0.3, -0.25) is 4.90 Å². The Labute approximate surface area is 106 Å². The van der Waals surface area contributed by atoms with Crippen molar-refractivity contribution in [1.29, 1.82) is 0 Å². The van der Waals surface area contributed by atoms with Crippen LogP contribution in [0.4, 0.5) is 0 Å². The molecule has 2 nitrogen and oxygen atoms in total. The van der Waals surface area contributed by atoms with Crippen LogP contribution in [0.25, 0.3) is 0 Å². The smallest absolute Gasteiger partial charge is 0.0120 e.